The lowest BCUT2D eigenvalue weighted by Crippen LogP contribution is -2.21. The van der Waals surface area contributed by atoms with Crippen LogP contribution in [0.3, 0.4) is 0 Å². The van der Waals surface area contributed by atoms with Gasteiger partial charge in [0.05, 0.1) is 18.9 Å². The Labute approximate surface area is 230 Å². The number of carboxylic acids is 1. The molecule has 0 aliphatic heterocycles. The number of ether oxygens (including phenoxy) is 1. The fraction of sp³-hybridized carbons (Fsp3) is 0.879. The third-order valence-electron chi connectivity index (χ3n) is 7.27. The van der Waals surface area contributed by atoms with E-state index in [1.54, 1.807) is 0 Å². The van der Waals surface area contributed by atoms with E-state index in [-0.39, 0.29) is 12.4 Å². The lowest BCUT2D eigenvalue weighted by molar-refractivity contribution is -0.153. The molecule has 37 heavy (non-hydrogen) atoms. The van der Waals surface area contributed by atoms with Crippen LogP contribution in [0.2, 0.25) is 0 Å². The molecule has 0 aromatic heterocycles. The van der Waals surface area contributed by atoms with E-state index in [0.29, 0.717) is 13.0 Å². The zero-order chi connectivity index (χ0) is 27.2. The molecule has 0 radical (unpaired) electrons. The van der Waals surface area contributed by atoms with E-state index in [0.717, 1.165) is 25.7 Å². The fourth-order valence-electron chi connectivity index (χ4n) is 4.89. The van der Waals surface area contributed by atoms with Crippen LogP contribution in [0, 0.1) is 5.92 Å². The summed E-state index contributed by atoms with van der Waals surface area (Å²) in [6.45, 7) is 4.60. The van der Waals surface area contributed by atoms with Gasteiger partial charge in [-0.05, 0) is 38.5 Å². The van der Waals surface area contributed by atoms with Crippen molar-refractivity contribution in [3.8, 4) is 0 Å². The van der Waals surface area contributed by atoms with E-state index in [2.05, 4.69) is 19.1 Å². The largest absolute Gasteiger partial charge is 0.481 e. The van der Waals surface area contributed by atoms with Gasteiger partial charge in [-0.3, -0.25) is 9.59 Å². The van der Waals surface area contributed by atoms with Gasteiger partial charge in [0.1, 0.15) is 0 Å². The molecule has 0 saturated carbocycles. The summed E-state index contributed by atoms with van der Waals surface area (Å²) in [4.78, 5) is 23.0. The first kappa shape index (κ1) is 35.7. The maximum atomic E-state index is 12.0. The van der Waals surface area contributed by atoms with Crippen LogP contribution in [0.25, 0.3) is 0 Å². The van der Waals surface area contributed by atoms with Crippen LogP contribution in [0.4, 0.5) is 0 Å². The summed E-state index contributed by atoms with van der Waals surface area (Å²) in [5.74, 6) is -1.75. The van der Waals surface area contributed by atoms with Gasteiger partial charge < -0.3 is 9.84 Å². The molecule has 0 aliphatic rings. The quantitative estimate of drug-likeness (QED) is 0.0602. The third-order valence-corrected chi connectivity index (χ3v) is 7.27. The van der Waals surface area contributed by atoms with Crippen molar-refractivity contribution in [1.82, 2.24) is 0 Å². The molecule has 1 N–H and O–H groups in total. The molecule has 0 spiro atoms. The molecular weight excluding hydrogens is 460 g/mol. The van der Waals surface area contributed by atoms with Crippen LogP contribution in [-0.4, -0.2) is 23.7 Å². The van der Waals surface area contributed by atoms with E-state index >= 15 is 0 Å². The highest BCUT2D eigenvalue weighted by Crippen LogP contribution is 2.18. The predicted octanol–water partition coefficient (Wildman–Crippen LogP) is 10.6. The average molecular weight is 523 g/mol. The molecule has 0 fully saturated rings. The number of rotatable bonds is 29. The number of esters is 1. The maximum absolute atomic E-state index is 12.0. The van der Waals surface area contributed by atoms with Gasteiger partial charge in [-0.2, -0.15) is 0 Å². The zero-order valence-corrected chi connectivity index (χ0v) is 24.8. The summed E-state index contributed by atoms with van der Waals surface area (Å²) in [7, 11) is 0. The van der Waals surface area contributed by atoms with Gasteiger partial charge in [-0.15, -0.1) is 0 Å². The van der Waals surface area contributed by atoms with Crippen molar-refractivity contribution in [2.24, 2.45) is 5.92 Å². The first-order valence-corrected chi connectivity index (χ1v) is 16.1. The van der Waals surface area contributed by atoms with Crippen LogP contribution in [0.5, 0.6) is 0 Å². The Morgan fingerprint density at radius 3 is 1.41 bits per heavy atom. The monoisotopic (exact) mass is 522 g/mol. The Balaban J connectivity index is 3.40. The van der Waals surface area contributed by atoms with E-state index in [4.69, 9.17) is 9.84 Å². The van der Waals surface area contributed by atoms with Gasteiger partial charge in [-0.25, -0.2) is 0 Å². The van der Waals surface area contributed by atoms with Crippen molar-refractivity contribution < 1.29 is 19.4 Å². The normalized spacial score (nSPS) is 12.3. The molecule has 0 amide bonds. The lowest BCUT2D eigenvalue weighted by Gasteiger charge is -2.13. The van der Waals surface area contributed by atoms with Gasteiger partial charge >= 0.3 is 11.9 Å². The topological polar surface area (TPSA) is 63.6 Å². The number of unbranched alkanes of at least 4 members (excludes halogenated alkanes) is 20. The van der Waals surface area contributed by atoms with Gasteiger partial charge in [0, 0.05) is 0 Å². The van der Waals surface area contributed by atoms with Crippen LogP contribution in [-0.2, 0) is 14.3 Å². The SMILES string of the molecule is CCCCCCCCCCCCCCCC/C=C/CCCCCCCCC(CC(=O)O)C(=O)OCCC. The van der Waals surface area contributed by atoms with Crippen LogP contribution < -0.4 is 0 Å². The molecule has 1 unspecified atom stereocenters. The molecule has 4 nitrogen and oxygen atoms in total. The summed E-state index contributed by atoms with van der Waals surface area (Å²) >= 11 is 0. The van der Waals surface area contributed by atoms with Crippen LogP contribution in [0.1, 0.15) is 174 Å². The summed E-state index contributed by atoms with van der Waals surface area (Å²) < 4.78 is 5.15. The molecule has 0 aromatic carbocycles. The molecule has 0 rings (SSSR count). The number of carbonyl (C=O) groups is 2. The Kier molecular flexibility index (Phi) is 28.2. The number of allylic oxidation sites excluding steroid dienone is 2. The zero-order valence-electron chi connectivity index (χ0n) is 24.8. The minimum Gasteiger partial charge on any atom is -0.481 e. The Morgan fingerprint density at radius 1 is 0.595 bits per heavy atom. The summed E-state index contributed by atoms with van der Waals surface area (Å²) in [6, 6.07) is 0. The van der Waals surface area contributed by atoms with Gasteiger partial charge in [0.15, 0.2) is 0 Å². The number of hydrogen-bond acceptors (Lipinski definition) is 3. The minimum absolute atomic E-state index is 0.117. The summed E-state index contributed by atoms with van der Waals surface area (Å²) in [5, 5.41) is 9.03. The number of carbonyl (C=O) groups excluding carboxylic acids is 1. The maximum Gasteiger partial charge on any atom is 0.309 e. The molecule has 218 valence electrons. The number of aliphatic carboxylic acids is 1. The van der Waals surface area contributed by atoms with Crippen molar-refractivity contribution in [2.75, 3.05) is 6.61 Å². The molecule has 0 aromatic rings. The van der Waals surface area contributed by atoms with E-state index in [9.17, 15) is 9.59 Å². The van der Waals surface area contributed by atoms with Crippen molar-refractivity contribution in [3.63, 3.8) is 0 Å². The first-order valence-electron chi connectivity index (χ1n) is 16.1. The fourth-order valence-corrected chi connectivity index (χ4v) is 4.89. The molecule has 1 atom stereocenters. The minimum atomic E-state index is -0.921. The van der Waals surface area contributed by atoms with Gasteiger partial charge in [0.2, 0.25) is 0 Å². The Morgan fingerprint density at radius 2 is 1.00 bits per heavy atom. The van der Waals surface area contributed by atoms with E-state index in [1.807, 2.05) is 6.92 Å². The lowest BCUT2D eigenvalue weighted by atomic mass is 9.97. The second-order valence-corrected chi connectivity index (χ2v) is 11.0. The predicted molar refractivity (Wildman–Crippen MR) is 158 cm³/mol. The van der Waals surface area contributed by atoms with E-state index < -0.39 is 11.9 Å². The van der Waals surface area contributed by atoms with Crippen LogP contribution in [0.15, 0.2) is 12.2 Å². The Bertz CT molecular complexity index is 528. The highest BCUT2D eigenvalue weighted by Gasteiger charge is 2.22. The molecule has 0 saturated heterocycles. The van der Waals surface area contributed by atoms with E-state index in [1.165, 1.54) is 122 Å². The number of hydrogen-bond donors (Lipinski definition) is 1. The van der Waals surface area contributed by atoms with Gasteiger partial charge in [-0.1, -0.05) is 142 Å². The van der Waals surface area contributed by atoms with Crippen molar-refractivity contribution in [1.29, 1.82) is 0 Å². The molecule has 0 aliphatic carbocycles. The summed E-state index contributed by atoms with van der Waals surface area (Å²) in [5.41, 5.74) is 0. The number of carboxylic acid groups (broad SMARTS) is 1. The standard InChI is InChI=1S/C33H62O4/c1-3-5-6-7-8-9-10-11-12-13-14-15-16-17-18-19-20-21-22-23-24-25-26-27-28-31(30-32(34)35)33(36)37-29-4-2/h19-20,31H,3-18,21-30H2,1-2H3,(H,34,35)/b20-19+. The highest BCUT2D eigenvalue weighted by molar-refractivity contribution is 5.79. The second kappa shape index (κ2) is 29.2. The molecule has 0 bridgehead atoms. The van der Waals surface area contributed by atoms with Crippen molar-refractivity contribution >= 4 is 11.9 Å². The van der Waals surface area contributed by atoms with Crippen molar-refractivity contribution in [3.05, 3.63) is 12.2 Å². The smallest absolute Gasteiger partial charge is 0.309 e. The second-order valence-electron chi connectivity index (χ2n) is 11.0. The highest BCUT2D eigenvalue weighted by atomic mass is 16.5. The third kappa shape index (κ3) is 27.5. The first-order chi connectivity index (χ1) is 18.1. The molecule has 4 heteroatoms. The van der Waals surface area contributed by atoms with Crippen molar-refractivity contribution in [2.45, 2.75) is 174 Å². The van der Waals surface area contributed by atoms with Crippen LogP contribution >= 0.6 is 0 Å². The molecule has 0 heterocycles. The Hall–Kier alpha value is -1.32. The van der Waals surface area contributed by atoms with Gasteiger partial charge in [0.25, 0.3) is 0 Å². The average Bonchev–Trinajstić information content (AvgIpc) is 2.88. The summed E-state index contributed by atoms with van der Waals surface area (Å²) in [6.07, 6.45) is 35.1. The molecular formula is C33H62O4.